The largest absolute Gasteiger partial charge is 0.492 e. The van der Waals surface area contributed by atoms with Crippen molar-refractivity contribution >= 4 is 18.3 Å². The molecule has 0 aliphatic heterocycles. The minimum absolute atomic E-state index is 0. The Morgan fingerprint density at radius 1 is 0.943 bits per heavy atom. The maximum atomic E-state index is 13.3. The third-order valence-electron chi connectivity index (χ3n) is 5.32. The van der Waals surface area contributed by atoms with Gasteiger partial charge in [0.1, 0.15) is 11.6 Å². The number of hydrogen-bond acceptors (Lipinski definition) is 6. The Hall–Kier alpha value is -3.49. The molecule has 0 heterocycles. The van der Waals surface area contributed by atoms with E-state index in [2.05, 4.69) is 5.32 Å². The number of rotatable bonds is 10. The fourth-order valence-corrected chi connectivity index (χ4v) is 3.55. The quantitative estimate of drug-likeness (QED) is 0.401. The van der Waals surface area contributed by atoms with Gasteiger partial charge in [-0.3, -0.25) is 4.79 Å². The number of nitrogens with two attached hydrogens (primary N) is 1. The van der Waals surface area contributed by atoms with E-state index in [9.17, 15) is 9.18 Å². The van der Waals surface area contributed by atoms with Crippen molar-refractivity contribution in [3.05, 3.63) is 77.1 Å². The molecule has 0 aliphatic carbocycles. The van der Waals surface area contributed by atoms with Crippen LogP contribution in [0.4, 0.5) is 4.39 Å². The highest BCUT2D eigenvalue weighted by Crippen LogP contribution is 2.48. The van der Waals surface area contributed by atoms with E-state index in [0.29, 0.717) is 12.3 Å². The molecule has 0 radical (unpaired) electrons. The smallest absolute Gasteiger partial charge is 0.255 e. The Bertz CT molecular complexity index is 1120. The first kappa shape index (κ1) is 27.8. The van der Waals surface area contributed by atoms with Crippen molar-refractivity contribution in [2.75, 3.05) is 27.9 Å². The number of hydrogen-bond donors (Lipinski definition) is 2. The van der Waals surface area contributed by atoms with Crippen LogP contribution in [0, 0.1) is 5.82 Å². The van der Waals surface area contributed by atoms with Crippen molar-refractivity contribution in [3.63, 3.8) is 0 Å². The number of ether oxygens (including phenoxy) is 4. The van der Waals surface area contributed by atoms with Crippen LogP contribution in [-0.2, 0) is 6.42 Å². The summed E-state index contributed by atoms with van der Waals surface area (Å²) in [5.41, 5.74) is 7.65. The van der Waals surface area contributed by atoms with Crippen LogP contribution >= 0.6 is 12.4 Å². The number of carbonyl (C=O) groups excluding carboxylic acids is 1. The molecule has 3 N–H and O–H groups in total. The average molecular weight is 505 g/mol. The zero-order valence-electron chi connectivity index (χ0n) is 20.1. The highest BCUT2D eigenvalue weighted by Gasteiger charge is 2.26. The van der Waals surface area contributed by atoms with Crippen LogP contribution in [0.25, 0.3) is 0 Å². The van der Waals surface area contributed by atoms with Gasteiger partial charge in [0.2, 0.25) is 11.5 Å². The molecule has 188 valence electrons. The molecule has 0 saturated heterocycles. The molecule has 0 unspecified atom stereocenters. The molecule has 0 aromatic heterocycles. The summed E-state index contributed by atoms with van der Waals surface area (Å²) in [5, 5.41) is 2.90. The van der Waals surface area contributed by atoms with Gasteiger partial charge in [0.15, 0.2) is 11.5 Å². The molecule has 9 heteroatoms. The molecule has 7 nitrogen and oxygen atoms in total. The predicted octanol–water partition coefficient (Wildman–Crippen LogP) is 5.06. The van der Waals surface area contributed by atoms with Crippen molar-refractivity contribution in [1.82, 2.24) is 5.32 Å². The fourth-order valence-electron chi connectivity index (χ4n) is 3.55. The summed E-state index contributed by atoms with van der Waals surface area (Å²) in [6, 6.07) is 14.6. The van der Waals surface area contributed by atoms with Gasteiger partial charge < -0.3 is 30.0 Å². The average Bonchev–Trinajstić information content (AvgIpc) is 2.84. The number of carbonyl (C=O) groups is 1. The zero-order valence-corrected chi connectivity index (χ0v) is 20.9. The number of benzene rings is 3. The molecular formula is C26H30ClFN2O5. The van der Waals surface area contributed by atoms with Crippen molar-refractivity contribution in [2.24, 2.45) is 5.73 Å². The summed E-state index contributed by atoms with van der Waals surface area (Å²) in [5.74, 6) is 0.784. The molecule has 0 spiro atoms. The summed E-state index contributed by atoms with van der Waals surface area (Å²) in [7, 11) is 4.37. The highest BCUT2D eigenvalue weighted by atomic mass is 35.5. The first-order chi connectivity index (χ1) is 16.4. The maximum Gasteiger partial charge on any atom is 0.255 e. The Balaban J connectivity index is 0.00000432. The Kier molecular flexibility index (Phi) is 10.2. The monoisotopic (exact) mass is 504 g/mol. The normalized spacial score (nSPS) is 11.1. The second-order valence-corrected chi connectivity index (χ2v) is 7.55. The fraction of sp³-hybridized carbons (Fsp3) is 0.269. The summed E-state index contributed by atoms with van der Waals surface area (Å²) in [6.07, 6.45) is 0.760. The van der Waals surface area contributed by atoms with Crippen molar-refractivity contribution in [3.8, 4) is 28.7 Å². The molecule has 0 bridgehead atoms. The minimum Gasteiger partial charge on any atom is -0.492 e. The van der Waals surface area contributed by atoms with Gasteiger partial charge in [0.05, 0.1) is 32.9 Å². The summed E-state index contributed by atoms with van der Waals surface area (Å²) < 4.78 is 35.9. The van der Waals surface area contributed by atoms with Crippen LogP contribution in [0.15, 0.2) is 54.6 Å². The maximum absolute atomic E-state index is 13.3. The Labute approximate surface area is 210 Å². The Morgan fingerprint density at radius 2 is 1.54 bits per heavy atom. The van der Waals surface area contributed by atoms with E-state index >= 15 is 0 Å². The van der Waals surface area contributed by atoms with Gasteiger partial charge in [0, 0.05) is 6.07 Å². The third-order valence-corrected chi connectivity index (χ3v) is 5.32. The number of methoxy groups -OCH3 is 3. The molecule has 3 aromatic rings. The van der Waals surface area contributed by atoms with E-state index in [1.54, 1.807) is 25.1 Å². The Morgan fingerprint density at radius 3 is 2.09 bits per heavy atom. The molecule has 0 saturated carbocycles. The lowest BCUT2D eigenvalue weighted by Crippen LogP contribution is -2.27. The first-order valence-electron chi connectivity index (χ1n) is 10.8. The topological polar surface area (TPSA) is 92.0 Å². The van der Waals surface area contributed by atoms with Gasteiger partial charge in [-0.05, 0) is 55.3 Å². The lowest BCUT2D eigenvalue weighted by molar-refractivity contribution is 0.0935. The molecule has 0 aliphatic rings. The number of halogens is 2. The summed E-state index contributed by atoms with van der Waals surface area (Å²) in [4.78, 5) is 13.2. The molecule has 35 heavy (non-hydrogen) atoms. The molecule has 3 rings (SSSR count). The van der Waals surface area contributed by atoms with Crippen molar-refractivity contribution in [1.29, 1.82) is 0 Å². The molecular weight excluding hydrogens is 475 g/mol. The lowest BCUT2D eigenvalue weighted by Gasteiger charge is -2.20. The van der Waals surface area contributed by atoms with E-state index in [0.717, 1.165) is 17.5 Å². The second-order valence-electron chi connectivity index (χ2n) is 7.55. The number of amides is 1. The minimum atomic E-state index is -0.419. The van der Waals surface area contributed by atoms with Crippen LogP contribution in [0.2, 0.25) is 0 Å². The van der Waals surface area contributed by atoms with Crippen molar-refractivity contribution < 1.29 is 28.1 Å². The lowest BCUT2D eigenvalue weighted by atomic mass is 10.1. The van der Waals surface area contributed by atoms with Crippen LogP contribution < -0.4 is 30.0 Å². The van der Waals surface area contributed by atoms with Crippen LogP contribution in [0.5, 0.6) is 28.7 Å². The standard InChI is InChI=1S/C26H29FN2O5.ClH/c1-16(18-7-9-19(27)10-8-18)29-26(30)21-15-22(24(32-3)25(33-4)23(21)31-2)34-20-11-5-17(6-12-20)13-14-28;/h5-12,15-16H,13-14,28H2,1-4H3,(H,29,30);1H/t16-;/m1./s1. The predicted molar refractivity (Wildman–Crippen MR) is 135 cm³/mol. The van der Waals surface area contributed by atoms with Gasteiger partial charge in [-0.25, -0.2) is 4.39 Å². The van der Waals surface area contributed by atoms with Gasteiger partial charge in [-0.2, -0.15) is 0 Å². The van der Waals surface area contributed by atoms with Gasteiger partial charge >= 0.3 is 0 Å². The zero-order chi connectivity index (χ0) is 24.7. The van der Waals surface area contributed by atoms with Gasteiger partial charge in [0.25, 0.3) is 5.91 Å². The molecule has 1 atom stereocenters. The van der Waals surface area contributed by atoms with E-state index in [1.165, 1.54) is 33.5 Å². The van der Waals surface area contributed by atoms with E-state index in [-0.39, 0.29) is 52.8 Å². The second kappa shape index (κ2) is 12.8. The van der Waals surface area contributed by atoms with Crippen molar-refractivity contribution in [2.45, 2.75) is 19.4 Å². The van der Waals surface area contributed by atoms with Crippen LogP contribution in [-0.4, -0.2) is 33.8 Å². The summed E-state index contributed by atoms with van der Waals surface area (Å²) >= 11 is 0. The SMILES string of the molecule is COc1c(Oc2ccc(CCN)cc2)cc(C(=O)N[C@H](C)c2ccc(F)cc2)c(OC)c1OC.Cl. The van der Waals surface area contributed by atoms with E-state index in [1.807, 2.05) is 24.3 Å². The molecule has 0 fully saturated rings. The van der Waals surface area contributed by atoms with E-state index < -0.39 is 5.91 Å². The molecule has 3 aromatic carbocycles. The van der Waals surface area contributed by atoms with E-state index in [4.69, 9.17) is 24.7 Å². The first-order valence-corrected chi connectivity index (χ1v) is 10.8. The summed E-state index contributed by atoms with van der Waals surface area (Å²) in [6.45, 7) is 2.36. The highest BCUT2D eigenvalue weighted by molar-refractivity contribution is 5.99. The van der Waals surface area contributed by atoms with Crippen LogP contribution in [0.3, 0.4) is 0 Å². The van der Waals surface area contributed by atoms with Gasteiger partial charge in [-0.15, -0.1) is 12.4 Å². The van der Waals surface area contributed by atoms with Crippen LogP contribution in [0.1, 0.15) is 34.5 Å². The number of nitrogens with one attached hydrogen (secondary N) is 1. The third kappa shape index (κ3) is 6.55. The van der Waals surface area contributed by atoms with Gasteiger partial charge in [-0.1, -0.05) is 24.3 Å². The molecule has 1 amide bonds.